The first-order valence-corrected chi connectivity index (χ1v) is 4.94. The SMILES string of the molecule is C#C\C=C(C)\N=C(C)/C(/C=C\C)=C/C=C/F. The highest BCUT2D eigenvalue weighted by Gasteiger charge is 1.96. The number of allylic oxidation sites excluding steroid dienone is 7. The lowest BCUT2D eigenvalue weighted by atomic mass is 10.1. The van der Waals surface area contributed by atoms with Crippen molar-refractivity contribution < 1.29 is 4.39 Å². The van der Waals surface area contributed by atoms with Crippen LogP contribution in [0.15, 0.2) is 53.0 Å². The van der Waals surface area contributed by atoms with Gasteiger partial charge in [0.1, 0.15) is 0 Å². The van der Waals surface area contributed by atoms with E-state index >= 15 is 0 Å². The molecule has 0 aromatic heterocycles. The zero-order valence-electron chi connectivity index (χ0n) is 9.87. The molecular formula is C14H16FN. The Morgan fingerprint density at radius 1 is 1.38 bits per heavy atom. The van der Waals surface area contributed by atoms with Crippen molar-refractivity contribution >= 4 is 5.71 Å². The first-order chi connectivity index (χ1) is 7.65. The maximum Gasteiger partial charge on any atom is 0.0867 e. The Labute approximate surface area is 96.8 Å². The van der Waals surface area contributed by atoms with E-state index in [9.17, 15) is 4.39 Å². The number of nitrogens with zero attached hydrogens (tertiary/aromatic N) is 1. The molecule has 0 saturated heterocycles. The molecule has 84 valence electrons. The van der Waals surface area contributed by atoms with Crippen molar-refractivity contribution in [2.75, 3.05) is 0 Å². The lowest BCUT2D eigenvalue weighted by molar-refractivity contribution is 0.721. The average Bonchev–Trinajstić information content (AvgIpc) is 2.24. The number of hydrogen-bond donors (Lipinski definition) is 0. The molecule has 0 aromatic carbocycles. The van der Waals surface area contributed by atoms with Gasteiger partial charge < -0.3 is 0 Å². The van der Waals surface area contributed by atoms with Gasteiger partial charge in [-0.1, -0.05) is 24.1 Å². The van der Waals surface area contributed by atoms with Crippen LogP contribution in [-0.4, -0.2) is 5.71 Å². The molecule has 0 aliphatic rings. The van der Waals surface area contributed by atoms with Gasteiger partial charge in [0.05, 0.1) is 6.33 Å². The zero-order chi connectivity index (χ0) is 12.4. The zero-order valence-corrected chi connectivity index (χ0v) is 9.87. The smallest absolute Gasteiger partial charge is 0.0867 e. The molecule has 0 heterocycles. The second kappa shape index (κ2) is 8.43. The third-order valence-electron chi connectivity index (χ3n) is 1.75. The van der Waals surface area contributed by atoms with Gasteiger partial charge in [-0.15, -0.1) is 6.42 Å². The number of halogens is 1. The van der Waals surface area contributed by atoms with E-state index in [0.29, 0.717) is 6.33 Å². The van der Waals surface area contributed by atoms with E-state index in [2.05, 4.69) is 10.9 Å². The van der Waals surface area contributed by atoms with E-state index in [0.717, 1.165) is 17.0 Å². The van der Waals surface area contributed by atoms with Gasteiger partial charge >= 0.3 is 0 Å². The minimum absolute atomic E-state index is 0.487. The monoisotopic (exact) mass is 217 g/mol. The van der Waals surface area contributed by atoms with Gasteiger partial charge in [-0.25, -0.2) is 4.39 Å². The van der Waals surface area contributed by atoms with Gasteiger partial charge in [-0.3, -0.25) is 4.99 Å². The second-order valence-electron chi connectivity index (χ2n) is 3.09. The van der Waals surface area contributed by atoms with Gasteiger partial charge in [0.15, 0.2) is 0 Å². The molecule has 0 aliphatic carbocycles. The quantitative estimate of drug-likeness (QED) is 0.384. The summed E-state index contributed by atoms with van der Waals surface area (Å²) in [5.74, 6) is 2.41. The molecule has 1 nitrogen and oxygen atoms in total. The molecule has 16 heavy (non-hydrogen) atoms. The fourth-order valence-corrected chi connectivity index (χ4v) is 1.10. The molecule has 0 saturated carbocycles. The van der Waals surface area contributed by atoms with Gasteiger partial charge in [0.25, 0.3) is 0 Å². The lowest BCUT2D eigenvalue weighted by Gasteiger charge is -2.00. The first-order valence-electron chi connectivity index (χ1n) is 4.94. The van der Waals surface area contributed by atoms with Gasteiger partial charge in [0.2, 0.25) is 0 Å². The highest BCUT2D eigenvalue weighted by Crippen LogP contribution is 2.05. The Morgan fingerprint density at radius 3 is 2.56 bits per heavy atom. The van der Waals surface area contributed by atoms with Crippen LogP contribution in [0.3, 0.4) is 0 Å². The molecule has 0 aromatic rings. The van der Waals surface area contributed by atoms with Crippen molar-refractivity contribution in [1.29, 1.82) is 0 Å². The maximum absolute atomic E-state index is 11.9. The van der Waals surface area contributed by atoms with Gasteiger partial charge in [-0.2, -0.15) is 0 Å². The van der Waals surface area contributed by atoms with Crippen LogP contribution < -0.4 is 0 Å². The largest absolute Gasteiger partial charge is 0.257 e. The number of rotatable bonds is 4. The van der Waals surface area contributed by atoms with Gasteiger partial charge in [-0.05, 0) is 32.4 Å². The topological polar surface area (TPSA) is 12.4 Å². The Hall–Kier alpha value is -1.88. The van der Waals surface area contributed by atoms with Crippen LogP contribution in [0.5, 0.6) is 0 Å². The number of terminal acetylenes is 1. The molecule has 0 amide bonds. The predicted octanol–water partition coefficient (Wildman–Crippen LogP) is 3.97. The van der Waals surface area contributed by atoms with Crippen LogP contribution in [0.4, 0.5) is 4.39 Å². The minimum Gasteiger partial charge on any atom is -0.257 e. The summed E-state index contributed by atoms with van der Waals surface area (Å²) in [6, 6.07) is 0. The van der Waals surface area contributed by atoms with Crippen molar-refractivity contribution in [1.82, 2.24) is 0 Å². The summed E-state index contributed by atoms with van der Waals surface area (Å²) in [6.07, 6.45) is 13.9. The molecule has 2 heteroatoms. The summed E-state index contributed by atoms with van der Waals surface area (Å²) in [5.41, 5.74) is 2.39. The van der Waals surface area contributed by atoms with Crippen molar-refractivity contribution in [3.05, 3.63) is 48.0 Å². The summed E-state index contributed by atoms with van der Waals surface area (Å²) in [4.78, 5) is 4.30. The third kappa shape index (κ3) is 5.77. The van der Waals surface area contributed by atoms with Crippen molar-refractivity contribution in [3.8, 4) is 12.3 Å². The number of aliphatic imine (C=N–C) groups is 1. The van der Waals surface area contributed by atoms with Crippen molar-refractivity contribution in [3.63, 3.8) is 0 Å². The fourth-order valence-electron chi connectivity index (χ4n) is 1.10. The predicted molar refractivity (Wildman–Crippen MR) is 68.8 cm³/mol. The van der Waals surface area contributed by atoms with Crippen LogP contribution >= 0.6 is 0 Å². The van der Waals surface area contributed by atoms with Crippen LogP contribution in [0, 0.1) is 12.3 Å². The van der Waals surface area contributed by atoms with E-state index in [1.54, 1.807) is 12.2 Å². The first kappa shape index (κ1) is 14.1. The van der Waals surface area contributed by atoms with Crippen LogP contribution in [-0.2, 0) is 0 Å². The standard InChI is InChI=1S/C14H16FN/c1-5-8-12(3)16-13(4)14(9-6-2)10-7-11-15/h1,6-11H,2-4H3/b9-6-,11-7+,12-8+,14-10+,16-13-. The summed E-state index contributed by atoms with van der Waals surface area (Å²) in [6.45, 7) is 5.57. The van der Waals surface area contributed by atoms with Crippen molar-refractivity contribution in [2.45, 2.75) is 20.8 Å². The molecule has 0 aliphatic heterocycles. The summed E-state index contributed by atoms with van der Waals surface area (Å²) >= 11 is 0. The van der Waals surface area contributed by atoms with E-state index in [4.69, 9.17) is 6.42 Å². The third-order valence-corrected chi connectivity index (χ3v) is 1.75. The van der Waals surface area contributed by atoms with E-state index in [1.165, 1.54) is 6.08 Å². The summed E-state index contributed by atoms with van der Waals surface area (Å²) < 4.78 is 11.9. The van der Waals surface area contributed by atoms with E-state index in [1.807, 2.05) is 32.9 Å². The average molecular weight is 217 g/mol. The summed E-state index contributed by atoms with van der Waals surface area (Å²) in [5, 5.41) is 0. The molecule has 0 rings (SSSR count). The Balaban J connectivity index is 5.11. The molecular weight excluding hydrogens is 201 g/mol. The molecule has 0 atom stereocenters. The highest BCUT2D eigenvalue weighted by molar-refractivity contribution is 6.01. The van der Waals surface area contributed by atoms with E-state index in [-0.39, 0.29) is 0 Å². The molecule has 0 fully saturated rings. The molecule has 0 spiro atoms. The molecule has 0 bridgehead atoms. The normalized spacial score (nSPS) is 14.8. The van der Waals surface area contributed by atoms with Crippen LogP contribution in [0.2, 0.25) is 0 Å². The lowest BCUT2D eigenvalue weighted by Crippen LogP contribution is -1.94. The fraction of sp³-hybridized carbons (Fsp3) is 0.214. The Morgan fingerprint density at radius 2 is 2.06 bits per heavy atom. The van der Waals surface area contributed by atoms with Crippen LogP contribution in [0.1, 0.15) is 20.8 Å². The molecule has 0 N–H and O–H groups in total. The van der Waals surface area contributed by atoms with Crippen LogP contribution in [0.25, 0.3) is 0 Å². The highest BCUT2D eigenvalue weighted by atomic mass is 19.1. The van der Waals surface area contributed by atoms with Gasteiger partial charge in [0, 0.05) is 17.5 Å². The van der Waals surface area contributed by atoms with Crippen molar-refractivity contribution in [2.24, 2.45) is 4.99 Å². The second-order valence-corrected chi connectivity index (χ2v) is 3.09. The Kier molecular flexibility index (Phi) is 7.44. The minimum atomic E-state index is 0.487. The van der Waals surface area contributed by atoms with E-state index < -0.39 is 0 Å². The molecule has 0 radical (unpaired) electrons. The molecule has 0 unspecified atom stereocenters. The Bertz CT molecular complexity index is 401. The maximum atomic E-state index is 11.9. The number of hydrogen-bond acceptors (Lipinski definition) is 1. The summed E-state index contributed by atoms with van der Waals surface area (Å²) in [7, 11) is 0.